The van der Waals surface area contributed by atoms with Crippen LogP contribution in [-0.2, 0) is 0 Å². The third kappa shape index (κ3) is 1.80. The molecule has 0 amide bonds. The fourth-order valence-electron chi connectivity index (χ4n) is 1.69. The summed E-state index contributed by atoms with van der Waals surface area (Å²) in [6.07, 6.45) is 2.19. The Morgan fingerprint density at radius 1 is 1.64 bits per heavy atom. The zero-order valence-corrected chi connectivity index (χ0v) is 8.63. The molecule has 0 radical (unpaired) electrons. The van der Waals surface area contributed by atoms with Crippen LogP contribution in [0.25, 0.3) is 0 Å². The summed E-state index contributed by atoms with van der Waals surface area (Å²) in [5, 5.41) is 0.0981. The normalized spacial score (nSPS) is 21.6. The van der Waals surface area contributed by atoms with Gasteiger partial charge < -0.3 is 4.90 Å². The molecular weight excluding hydrogens is 205 g/mol. The van der Waals surface area contributed by atoms with Crippen molar-refractivity contribution in [2.45, 2.75) is 13.3 Å². The molecule has 0 N–H and O–H groups in total. The van der Waals surface area contributed by atoms with Gasteiger partial charge in [0.15, 0.2) is 11.6 Å². The average molecular weight is 216 g/mol. The first-order chi connectivity index (χ1) is 6.66. The average Bonchev–Trinajstić information content (AvgIpc) is 2.56. The van der Waals surface area contributed by atoms with Gasteiger partial charge in [0.1, 0.15) is 0 Å². The second-order valence-corrected chi connectivity index (χ2v) is 3.99. The summed E-state index contributed by atoms with van der Waals surface area (Å²) >= 11 is 5.62. The Morgan fingerprint density at radius 3 is 3.07 bits per heavy atom. The maximum atomic E-state index is 13.3. The molecule has 2 rings (SSSR count). The largest absolute Gasteiger partial charge is 0.354 e. The highest BCUT2D eigenvalue weighted by atomic mass is 35.5. The van der Waals surface area contributed by atoms with Gasteiger partial charge in [0.25, 0.3) is 0 Å². The van der Waals surface area contributed by atoms with E-state index in [1.54, 1.807) is 0 Å². The lowest BCUT2D eigenvalue weighted by Gasteiger charge is -2.16. The van der Waals surface area contributed by atoms with Crippen LogP contribution < -0.4 is 4.90 Å². The quantitative estimate of drug-likeness (QED) is 0.672. The number of anilines is 1. The van der Waals surface area contributed by atoms with Crippen LogP contribution in [0.2, 0.25) is 5.28 Å². The minimum atomic E-state index is -0.400. The molecule has 0 aliphatic carbocycles. The van der Waals surface area contributed by atoms with Crippen molar-refractivity contribution in [2.75, 3.05) is 18.0 Å². The van der Waals surface area contributed by atoms with E-state index in [4.69, 9.17) is 11.6 Å². The third-order valence-corrected chi connectivity index (χ3v) is 2.60. The Bertz CT molecular complexity index is 345. The molecule has 0 spiro atoms. The van der Waals surface area contributed by atoms with E-state index in [-0.39, 0.29) is 5.28 Å². The van der Waals surface area contributed by atoms with Crippen molar-refractivity contribution in [3.8, 4) is 0 Å². The van der Waals surface area contributed by atoms with Gasteiger partial charge in [-0.1, -0.05) is 6.92 Å². The summed E-state index contributed by atoms with van der Waals surface area (Å²) in [4.78, 5) is 9.39. The number of halogens is 2. The van der Waals surface area contributed by atoms with E-state index in [1.807, 2.05) is 4.90 Å². The van der Waals surface area contributed by atoms with Crippen LogP contribution in [0.1, 0.15) is 13.3 Å². The highest BCUT2D eigenvalue weighted by Crippen LogP contribution is 2.24. The van der Waals surface area contributed by atoms with Crippen LogP contribution in [0.5, 0.6) is 0 Å². The number of hydrogen-bond acceptors (Lipinski definition) is 3. The molecule has 1 fully saturated rings. The topological polar surface area (TPSA) is 29.0 Å². The standard InChI is InChI=1S/C9H11ClFN3/c1-6-2-3-14(5-6)8-7(11)4-12-9(10)13-8/h4,6H,2-3,5H2,1H3. The van der Waals surface area contributed by atoms with Crippen LogP contribution in [-0.4, -0.2) is 23.1 Å². The van der Waals surface area contributed by atoms with Crippen molar-refractivity contribution in [1.82, 2.24) is 9.97 Å². The van der Waals surface area contributed by atoms with Gasteiger partial charge in [-0.05, 0) is 23.9 Å². The van der Waals surface area contributed by atoms with Gasteiger partial charge in [-0.15, -0.1) is 0 Å². The molecule has 3 nitrogen and oxygen atoms in total. The van der Waals surface area contributed by atoms with E-state index >= 15 is 0 Å². The van der Waals surface area contributed by atoms with Crippen LogP contribution in [0.15, 0.2) is 6.20 Å². The van der Waals surface area contributed by atoms with Crippen molar-refractivity contribution >= 4 is 17.4 Å². The van der Waals surface area contributed by atoms with Crippen molar-refractivity contribution < 1.29 is 4.39 Å². The van der Waals surface area contributed by atoms with Crippen molar-refractivity contribution in [2.24, 2.45) is 5.92 Å². The Hall–Kier alpha value is -0.900. The van der Waals surface area contributed by atoms with Gasteiger partial charge in [0, 0.05) is 13.1 Å². The lowest BCUT2D eigenvalue weighted by Crippen LogP contribution is -2.21. The summed E-state index contributed by atoms with van der Waals surface area (Å²) in [7, 11) is 0. The summed E-state index contributed by atoms with van der Waals surface area (Å²) in [6.45, 7) is 3.82. The van der Waals surface area contributed by atoms with Gasteiger partial charge >= 0.3 is 0 Å². The molecule has 1 aliphatic rings. The molecule has 1 unspecified atom stereocenters. The molecule has 2 heterocycles. The minimum Gasteiger partial charge on any atom is -0.354 e. The van der Waals surface area contributed by atoms with Crippen molar-refractivity contribution in [1.29, 1.82) is 0 Å². The Balaban J connectivity index is 2.27. The molecule has 0 bridgehead atoms. The monoisotopic (exact) mass is 215 g/mol. The molecule has 1 aromatic rings. The van der Waals surface area contributed by atoms with E-state index in [9.17, 15) is 4.39 Å². The second kappa shape index (κ2) is 3.69. The van der Waals surface area contributed by atoms with E-state index in [0.29, 0.717) is 11.7 Å². The molecule has 1 saturated heterocycles. The molecule has 0 aromatic carbocycles. The molecular formula is C9H11ClFN3. The number of hydrogen-bond donors (Lipinski definition) is 0. The lowest BCUT2D eigenvalue weighted by molar-refractivity contribution is 0.605. The molecule has 76 valence electrons. The third-order valence-electron chi connectivity index (χ3n) is 2.42. The predicted octanol–water partition coefficient (Wildman–Crippen LogP) is 2.12. The first kappa shape index (κ1) is 9.65. The Labute approximate surface area is 86.9 Å². The summed E-state index contributed by atoms with van der Waals surface area (Å²) in [5.41, 5.74) is 0. The van der Waals surface area contributed by atoms with Gasteiger partial charge in [-0.3, -0.25) is 0 Å². The summed E-state index contributed by atoms with van der Waals surface area (Å²) in [5.74, 6) is 0.515. The first-order valence-electron chi connectivity index (χ1n) is 4.60. The van der Waals surface area contributed by atoms with Gasteiger partial charge in [-0.25, -0.2) is 9.37 Å². The van der Waals surface area contributed by atoms with Crippen molar-refractivity contribution in [3.05, 3.63) is 17.3 Å². The smallest absolute Gasteiger partial charge is 0.224 e. The van der Waals surface area contributed by atoms with Gasteiger partial charge in [-0.2, -0.15) is 4.98 Å². The molecule has 0 saturated carbocycles. The predicted molar refractivity (Wildman–Crippen MR) is 53.0 cm³/mol. The summed E-state index contributed by atoms with van der Waals surface area (Å²) < 4.78 is 13.3. The highest BCUT2D eigenvalue weighted by Gasteiger charge is 2.22. The van der Waals surface area contributed by atoms with Crippen molar-refractivity contribution in [3.63, 3.8) is 0 Å². The number of rotatable bonds is 1. The fraction of sp³-hybridized carbons (Fsp3) is 0.556. The number of nitrogens with zero attached hydrogens (tertiary/aromatic N) is 3. The second-order valence-electron chi connectivity index (χ2n) is 3.65. The van der Waals surface area contributed by atoms with Crippen LogP contribution >= 0.6 is 11.6 Å². The minimum absolute atomic E-state index is 0.0981. The first-order valence-corrected chi connectivity index (χ1v) is 4.97. The molecule has 1 atom stereocenters. The molecule has 14 heavy (non-hydrogen) atoms. The van der Waals surface area contributed by atoms with E-state index in [1.165, 1.54) is 0 Å². The molecule has 1 aromatic heterocycles. The van der Waals surface area contributed by atoms with E-state index in [2.05, 4.69) is 16.9 Å². The molecule has 1 aliphatic heterocycles. The van der Waals surface area contributed by atoms with Gasteiger partial charge in [0.2, 0.25) is 5.28 Å². The zero-order valence-electron chi connectivity index (χ0n) is 7.87. The SMILES string of the molecule is CC1CCN(c2nc(Cl)ncc2F)C1. The highest BCUT2D eigenvalue weighted by molar-refractivity contribution is 6.28. The maximum absolute atomic E-state index is 13.3. The van der Waals surface area contributed by atoms with Crippen LogP contribution in [0, 0.1) is 11.7 Å². The summed E-state index contributed by atoms with van der Waals surface area (Å²) in [6, 6.07) is 0. The van der Waals surface area contributed by atoms with Crippen LogP contribution in [0.4, 0.5) is 10.2 Å². The van der Waals surface area contributed by atoms with E-state index in [0.717, 1.165) is 25.7 Å². The van der Waals surface area contributed by atoms with E-state index < -0.39 is 5.82 Å². The lowest BCUT2D eigenvalue weighted by atomic mass is 10.2. The maximum Gasteiger partial charge on any atom is 0.224 e. The number of aromatic nitrogens is 2. The van der Waals surface area contributed by atoms with Crippen LogP contribution in [0.3, 0.4) is 0 Å². The van der Waals surface area contributed by atoms with Gasteiger partial charge in [0.05, 0.1) is 6.20 Å². The zero-order chi connectivity index (χ0) is 10.1. The molecule has 5 heteroatoms. The Morgan fingerprint density at radius 2 is 2.43 bits per heavy atom. The Kier molecular flexibility index (Phi) is 2.54. The fourth-order valence-corrected chi connectivity index (χ4v) is 1.82.